The van der Waals surface area contributed by atoms with E-state index in [4.69, 9.17) is 14.0 Å². The lowest BCUT2D eigenvalue weighted by Gasteiger charge is -2.05. The molecule has 0 fully saturated rings. The van der Waals surface area contributed by atoms with Crippen molar-refractivity contribution in [3.05, 3.63) is 66.1 Å². The van der Waals surface area contributed by atoms with Gasteiger partial charge in [-0.25, -0.2) is 0 Å². The summed E-state index contributed by atoms with van der Waals surface area (Å²) >= 11 is 0. The van der Waals surface area contributed by atoms with E-state index in [9.17, 15) is 4.79 Å². The zero-order chi connectivity index (χ0) is 19.8. The number of carbonyl (C=O) groups is 1. The standard InChI is InChI=1S/C21H16N4O4/c1-12-2-4-13(5-3-12)16-9-19(29-25-16)21(26)23-20-15(10-22-24-20)14-6-7-17-18(8-14)28-11-27-17/h2-10H,11H2,1H3,(H2,22,23,24,26). The van der Waals surface area contributed by atoms with Gasteiger partial charge in [-0.1, -0.05) is 41.1 Å². The lowest BCUT2D eigenvalue weighted by molar-refractivity contribution is 0.0987. The van der Waals surface area contributed by atoms with Gasteiger partial charge < -0.3 is 19.3 Å². The Morgan fingerprint density at radius 3 is 2.69 bits per heavy atom. The highest BCUT2D eigenvalue weighted by atomic mass is 16.7. The number of aromatic nitrogens is 3. The molecule has 0 spiro atoms. The Morgan fingerprint density at radius 2 is 1.83 bits per heavy atom. The molecule has 1 aliphatic rings. The first-order valence-corrected chi connectivity index (χ1v) is 8.96. The van der Waals surface area contributed by atoms with Crippen molar-refractivity contribution in [3.8, 4) is 33.9 Å². The number of nitrogens with one attached hydrogen (secondary N) is 2. The number of nitrogens with zero attached hydrogens (tertiary/aromatic N) is 2. The highest BCUT2D eigenvalue weighted by Gasteiger charge is 2.19. The number of anilines is 1. The molecule has 2 N–H and O–H groups in total. The third-order valence-corrected chi connectivity index (χ3v) is 4.64. The summed E-state index contributed by atoms with van der Waals surface area (Å²) in [7, 11) is 0. The van der Waals surface area contributed by atoms with Gasteiger partial charge >= 0.3 is 0 Å². The van der Waals surface area contributed by atoms with Gasteiger partial charge in [0.2, 0.25) is 12.6 Å². The minimum Gasteiger partial charge on any atom is -0.454 e. The van der Waals surface area contributed by atoms with Crippen molar-refractivity contribution in [2.75, 3.05) is 12.1 Å². The number of ether oxygens (including phenoxy) is 2. The van der Waals surface area contributed by atoms with Crippen LogP contribution in [0.1, 0.15) is 16.1 Å². The molecule has 5 rings (SSSR count). The van der Waals surface area contributed by atoms with Crippen LogP contribution in [0.25, 0.3) is 22.4 Å². The predicted octanol–water partition coefficient (Wildman–Crippen LogP) is 4.02. The molecule has 0 atom stereocenters. The van der Waals surface area contributed by atoms with Crippen LogP contribution < -0.4 is 14.8 Å². The second kappa shape index (κ2) is 6.83. The van der Waals surface area contributed by atoms with Crippen LogP contribution in [0.4, 0.5) is 5.82 Å². The fourth-order valence-corrected chi connectivity index (χ4v) is 3.08. The van der Waals surface area contributed by atoms with Crippen molar-refractivity contribution < 1.29 is 18.8 Å². The van der Waals surface area contributed by atoms with Crippen molar-refractivity contribution in [2.24, 2.45) is 0 Å². The number of rotatable bonds is 4. The highest BCUT2D eigenvalue weighted by Crippen LogP contribution is 2.37. The third-order valence-electron chi connectivity index (χ3n) is 4.64. The molecule has 0 saturated heterocycles. The van der Waals surface area contributed by atoms with Crippen LogP contribution in [0.5, 0.6) is 11.5 Å². The molecule has 0 unspecified atom stereocenters. The first kappa shape index (κ1) is 17.1. The van der Waals surface area contributed by atoms with Crippen LogP contribution in [0.15, 0.2) is 59.3 Å². The van der Waals surface area contributed by atoms with Gasteiger partial charge in [0.05, 0.1) is 6.20 Å². The fraction of sp³-hybridized carbons (Fsp3) is 0.0952. The van der Waals surface area contributed by atoms with Crippen LogP contribution in [0.3, 0.4) is 0 Å². The molecule has 2 aromatic heterocycles. The van der Waals surface area contributed by atoms with Crippen molar-refractivity contribution in [1.29, 1.82) is 0 Å². The Kier molecular flexibility index (Phi) is 4.02. The third kappa shape index (κ3) is 3.20. The minimum atomic E-state index is -0.429. The molecule has 0 saturated carbocycles. The van der Waals surface area contributed by atoms with Crippen molar-refractivity contribution in [3.63, 3.8) is 0 Å². The fourth-order valence-electron chi connectivity index (χ4n) is 3.08. The number of hydrogen-bond acceptors (Lipinski definition) is 6. The molecule has 1 aliphatic heterocycles. The van der Waals surface area contributed by atoms with E-state index in [1.54, 1.807) is 12.3 Å². The molecule has 0 radical (unpaired) electrons. The number of carbonyl (C=O) groups excluding carboxylic acids is 1. The van der Waals surface area contributed by atoms with Crippen LogP contribution in [-0.4, -0.2) is 28.1 Å². The highest BCUT2D eigenvalue weighted by molar-refractivity contribution is 6.04. The zero-order valence-electron chi connectivity index (χ0n) is 15.4. The van der Waals surface area contributed by atoms with Crippen LogP contribution in [-0.2, 0) is 0 Å². The average molecular weight is 388 g/mol. The van der Waals surface area contributed by atoms with Gasteiger partial charge in [0, 0.05) is 17.2 Å². The lowest BCUT2D eigenvalue weighted by Crippen LogP contribution is -2.12. The molecule has 4 aromatic rings. The monoisotopic (exact) mass is 388 g/mol. The van der Waals surface area contributed by atoms with E-state index in [1.165, 1.54) is 0 Å². The molecule has 1 amide bonds. The smallest absolute Gasteiger partial charge is 0.295 e. The van der Waals surface area contributed by atoms with Crippen LogP contribution in [0.2, 0.25) is 0 Å². The van der Waals surface area contributed by atoms with Crippen molar-refractivity contribution in [2.45, 2.75) is 6.92 Å². The van der Waals surface area contributed by atoms with E-state index < -0.39 is 5.91 Å². The maximum atomic E-state index is 12.6. The van der Waals surface area contributed by atoms with E-state index in [0.29, 0.717) is 23.0 Å². The topological polar surface area (TPSA) is 102 Å². The molecule has 29 heavy (non-hydrogen) atoms. The molecule has 2 aromatic carbocycles. The minimum absolute atomic E-state index is 0.104. The van der Waals surface area contributed by atoms with E-state index in [1.807, 2.05) is 49.4 Å². The molecule has 8 nitrogen and oxygen atoms in total. The number of benzene rings is 2. The molecule has 0 bridgehead atoms. The van der Waals surface area contributed by atoms with E-state index in [0.717, 1.165) is 22.3 Å². The van der Waals surface area contributed by atoms with Crippen molar-refractivity contribution >= 4 is 11.7 Å². The maximum Gasteiger partial charge on any atom is 0.295 e. The number of H-pyrrole nitrogens is 1. The first-order valence-electron chi connectivity index (χ1n) is 8.96. The van der Waals surface area contributed by atoms with E-state index in [2.05, 4.69) is 20.7 Å². The summed E-state index contributed by atoms with van der Waals surface area (Å²) in [4.78, 5) is 12.6. The maximum absolute atomic E-state index is 12.6. The normalized spacial score (nSPS) is 12.2. The molecule has 3 heterocycles. The quantitative estimate of drug-likeness (QED) is 0.547. The second-order valence-corrected chi connectivity index (χ2v) is 6.62. The summed E-state index contributed by atoms with van der Waals surface area (Å²) in [5.41, 5.74) is 4.16. The Bertz CT molecular complexity index is 1190. The van der Waals surface area contributed by atoms with Gasteiger partial charge in [-0.15, -0.1) is 0 Å². The largest absolute Gasteiger partial charge is 0.454 e. The number of amides is 1. The van der Waals surface area contributed by atoms with Gasteiger partial charge in [-0.05, 0) is 24.6 Å². The lowest BCUT2D eigenvalue weighted by atomic mass is 10.1. The zero-order valence-corrected chi connectivity index (χ0v) is 15.4. The Morgan fingerprint density at radius 1 is 1.03 bits per heavy atom. The predicted molar refractivity (Wildman–Crippen MR) is 105 cm³/mol. The number of aryl methyl sites for hydroxylation is 1. The van der Waals surface area contributed by atoms with Gasteiger partial charge in [0.15, 0.2) is 11.5 Å². The Balaban J connectivity index is 1.37. The van der Waals surface area contributed by atoms with Gasteiger partial charge in [-0.3, -0.25) is 9.89 Å². The summed E-state index contributed by atoms with van der Waals surface area (Å²) < 4.78 is 16.0. The Hall–Kier alpha value is -4.07. The van der Waals surface area contributed by atoms with Crippen molar-refractivity contribution in [1.82, 2.24) is 15.4 Å². The molecular formula is C21H16N4O4. The average Bonchev–Trinajstić information content (AvgIpc) is 3.48. The Labute approximate surface area is 165 Å². The molecule has 144 valence electrons. The summed E-state index contributed by atoms with van der Waals surface area (Å²) in [5.74, 6) is 1.46. The summed E-state index contributed by atoms with van der Waals surface area (Å²) in [6.07, 6.45) is 1.63. The van der Waals surface area contributed by atoms with Crippen LogP contribution >= 0.6 is 0 Å². The molecule has 0 aliphatic carbocycles. The van der Waals surface area contributed by atoms with Gasteiger partial charge in [0.25, 0.3) is 5.91 Å². The number of hydrogen-bond donors (Lipinski definition) is 2. The first-order chi connectivity index (χ1) is 14.2. The van der Waals surface area contributed by atoms with Gasteiger partial charge in [0.1, 0.15) is 11.5 Å². The summed E-state index contributed by atoms with van der Waals surface area (Å²) in [6, 6.07) is 15.0. The number of fused-ring (bicyclic) bond motifs is 1. The number of aromatic amines is 1. The molecule has 8 heteroatoms. The summed E-state index contributed by atoms with van der Waals surface area (Å²) in [6.45, 7) is 2.20. The van der Waals surface area contributed by atoms with Crippen LogP contribution in [0, 0.1) is 6.92 Å². The van der Waals surface area contributed by atoms with E-state index in [-0.39, 0.29) is 12.6 Å². The second-order valence-electron chi connectivity index (χ2n) is 6.62. The molecular weight excluding hydrogens is 372 g/mol. The van der Waals surface area contributed by atoms with Gasteiger partial charge in [-0.2, -0.15) is 5.10 Å². The van der Waals surface area contributed by atoms with E-state index >= 15 is 0 Å². The summed E-state index contributed by atoms with van der Waals surface area (Å²) in [5, 5.41) is 13.6. The SMILES string of the molecule is Cc1ccc(-c2cc(C(=O)Nc3[nH]ncc3-c3ccc4c(c3)OCO4)on2)cc1.